The fourth-order valence-electron chi connectivity index (χ4n) is 4.70. The maximum atomic E-state index is 6.12. The molecule has 5 atom stereocenters. The Labute approximate surface area is 200 Å². The van der Waals surface area contributed by atoms with Gasteiger partial charge in [-0.2, -0.15) is 0 Å². The molecule has 5 unspecified atom stereocenters. The van der Waals surface area contributed by atoms with Gasteiger partial charge in [0.2, 0.25) is 0 Å². The number of aromatic nitrogens is 1. The molecule has 3 fully saturated rings. The number of ether oxygens (including phenoxy) is 2. The third kappa shape index (κ3) is 4.76. The van der Waals surface area contributed by atoms with Gasteiger partial charge in [-0.1, -0.05) is 24.3 Å². The van der Waals surface area contributed by atoms with E-state index in [9.17, 15) is 0 Å². The zero-order valence-electron chi connectivity index (χ0n) is 19.8. The fourth-order valence-corrected chi connectivity index (χ4v) is 4.70. The smallest absolute Gasteiger partial charge is 0.155 e. The molecule has 0 bridgehead atoms. The lowest BCUT2D eigenvalue weighted by Crippen LogP contribution is -2.33. The topological polar surface area (TPSA) is 114 Å². The van der Waals surface area contributed by atoms with Crippen LogP contribution in [-0.4, -0.2) is 42.7 Å². The molecule has 0 amide bonds. The molecule has 0 aliphatic carbocycles. The van der Waals surface area contributed by atoms with Crippen LogP contribution in [0.4, 0.5) is 0 Å². The molecular formula is C27H33N5O2. The maximum Gasteiger partial charge on any atom is 0.155 e. The molecule has 5 rings (SSSR count). The van der Waals surface area contributed by atoms with Gasteiger partial charge in [0.15, 0.2) is 5.49 Å². The number of piperidine rings is 1. The summed E-state index contributed by atoms with van der Waals surface area (Å²) >= 11 is 0. The molecule has 3 saturated heterocycles. The van der Waals surface area contributed by atoms with Crippen LogP contribution in [0.3, 0.4) is 0 Å². The number of benzene rings is 1. The van der Waals surface area contributed by atoms with E-state index in [1.807, 2.05) is 32.2 Å². The molecule has 7 nitrogen and oxygen atoms in total. The predicted molar refractivity (Wildman–Crippen MR) is 134 cm³/mol. The third-order valence-corrected chi connectivity index (χ3v) is 6.68. The van der Waals surface area contributed by atoms with Crippen LogP contribution >= 0.6 is 0 Å². The van der Waals surface area contributed by atoms with Crippen molar-refractivity contribution in [3.8, 4) is 0 Å². The van der Waals surface area contributed by atoms with Gasteiger partial charge in [-0.3, -0.25) is 4.99 Å². The zero-order chi connectivity index (χ0) is 23.8. The lowest BCUT2D eigenvalue weighted by molar-refractivity contribution is 0.378. The van der Waals surface area contributed by atoms with E-state index >= 15 is 0 Å². The predicted octanol–water partition coefficient (Wildman–Crippen LogP) is 2.83. The monoisotopic (exact) mass is 459 g/mol. The molecule has 34 heavy (non-hydrogen) atoms. The van der Waals surface area contributed by atoms with Crippen molar-refractivity contribution in [1.82, 2.24) is 10.3 Å². The van der Waals surface area contributed by atoms with Gasteiger partial charge in [0.05, 0.1) is 6.04 Å². The summed E-state index contributed by atoms with van der Waals surface area (Å²) in [5.41, 5.74) is 17.9. The Morgan fingerprint density at radius 2 is 2.03 bits per heavy atom. The van der Waals surface area contributed by atoms with Gasteiger partial charge in [-0.05, 0) is 85.2 Å². The Kier molecular flexibility index (Phi) is 6.46. The summed E-state index contributed by atoms with van der Waals surface area (Å²) in [4.78, 5) is 9.78. The highest BCUT2D eigenvalue weighted by Crippen LogP contribution is 2.41. The Morgan fingerprint density at radius 1 is 1.24 bits per heavy atom. The van der Waals surface area contributed by atoms with Gasteiger partial charge in [0, 0.05) is 18.1 Å². The zero-order valence-corrected chi connectivity index (χ0v) is 19.8. The van der Waals surface area contributed by atoms with Crippen LogP contribution in [0.15, 0.2) is 65.3 Å². The molecule has 7 heteroatoms. The normalized spacial score (nSPS) is 29.9. The van der Waals surface area contributed by atoms with Crippen molar-refractivity contribution in [1.29, 1.82) is 0 Å². The van der Waals surface area contributed by atoms with Gasteiger partial charge >= 0.3 is 0 Å². The van der Waals surface area contributed by atoms with Gasteiger partial charge in [-0.25, -0.2) is 4.98 Å². The highest BCUT2D eigenvalue weighted by Gasteiger charge is 2.39. The van der Waals surface area contributed by atoms with Crippen molar-refractivity contribution in [3.63, 3.8) is 0 Å². The van der Waals surface area contributed by atoms with Crippen LogP contribution in [0.2, 0.25) is 0 Å². The van der Waals surface area contributed by atoms with Crippen molar-refractivity contribution < 1.29 is 9.47 Å². The molecule has 1 aromatic carbocycles. The van der Waals surface area contributed by atoms with Crippen molar-refractivity contribution >= 4 is 16.3 Å². The molecule has 2 aromatic rings. The summed E-state index contributed by atoms with van der Waals surface area (Å²) in [6.45, 7) is 10.2. The first-order valence-electron chi connectivity index (χ1n) is 12.0. The van der Waals surface area contributed by atoms with E-state index in [-0.39, 0.29) is 30.7 Å². The molecule has 0 radical (unpaired) electrons. The molecule has 178 valence electrons. The third-order valence-electron chi connectivity index (χ3n) is 6.68. The summed E-state index contributed by atoms with van der Waals surface area (Å²) in [6, 6.07) is 8.56. The average Bonchev–Trinajstić information content (AvgIpc) is 3.74. The maximum absolute atomic E-state index is 6.12. The van der Waals surface area contributed by atoms with Crippen LogP contribution in [0.25, 0.3) is 16.3 Å². The summed E-state index contributed by atoms with van der Waals surface area (Å²) in [7, 11) is 0. The molecule has 5 N–H and O–H groups in total. The number of rotatable bonds is 6. The molecular weight excluding hydrogens is 426 g/mol. The number of nitrogens with one attached hydrogen (secondary N) is 1. The van der Waals surface area contributed by atoms with Crippen LogP contribution in [-0.2, 0) is 9.47 Å². The quantitative estimate of drug-likeness (QED) is 0.452. The van der Waals surface area contributed by atoms with Gasteiger partial charge in [0.25, 0.3) is 0 Å². The Bertz CT molecular complexity index is 1250. The first-order valence-corrected chi connectivity index (χ1v) is 12.0. The number of hydrogen-bond acceptors (Lipinski definition) is 7. The molecule has 4 heterocycles. The molecule has 0 spiro atoms. The lowest BCUT2D eigenvalue weighted by Gasteiger charge is -2.18. The van der Waals surface area contributed by atoms with E-state index < -0.39 is 0 Å². The number of hydrogen-bond donors (Lipinski definition) is 3. The van der Waals surface area contributed by atoms with E-state index in [0.717, 1.165) is 70.0 Å². The largest absolute Gasteiger partial charge is 0.348 e. The fraction of sp³-hybridized carbons (Fsp3) is 0.407. The van der Waals surface area contributed by atoms with E-state index in [4.69, 9.17) is 30.9 Å². The van der Waals surface area contributed by atoms with Gasteiger partial charge < -0.3 is 26.3 Å². The lowest BCUT2D eigenvalue weighted by atomic mass is 9.91. The van der Waals surface area contributed by atoms with Crippen molar-refractivity contribution in [3.05, 3.63) is 77.0 Å². The second-order valence-corrected chi connectivity index (χ2v) is 9.29. The summed E-state index contributed by atoms with van der Waals surface area (Å²) in [5.74, 6) is 0. The summed E-state index contributed by atoms with van der Waals surface area (Å²) in [5, 5.41) is 5.48. The standard InChI is InChI=1S/C27H33N5O2/c1-4-16(23-25(28)33-23)11-20(15(2)3)17-12-21(24-26(29)34-24)19-8-6-10-31-27(22(19)13-17)32-18-7-5-9-30-14-18/h4,6,8,10-13,18,23-26,30H,2,5,7,9,14,28-29H2,1,3H3/b16-4?,20-11+,32-27?. The first kappa shape index (κ1) is 23.1. The highest BCUT2D eigenvalue weighted by molar-refractivity contribution is 5.91. The van der Waals surface area contributed by atoms with Gasteiger partial charge in [0.1, 0.15) is 24.7 Å². The number of nitrogens with two attached hydrogens (primary N) is 2. The van der Waals surface area contributed by atoms with E-state index in [0.29, 0.717) is 0 Å². The van der Waals surface area contributed by atoms with Crippen LogP contribution in [0.5, 0.6) is 0 Å². The molecule has 3 aliphatic rings. The van der Waals surface area contributed by atoms with Crippen molar-refractivity contribution in [2.75, 3.05) is 13.1 Å². The number of epoxide rings is 2. The minimum Gasteiger partial charge on any atom is -0.348 e. The Hall–Kier alpha value is -2.68. The second-order valence-electron chi connectivity index (χ2n) is 9.29. The van der Waals surface area contributed by atoms with Crippen molar-refractivity contribution in [2.45, 2.75) is 57.4 Å². The SMILES string of the molecule is C=C(C)/C(=C\C(=CC)C1OC1N)c1cc(C2OC2N)c2cccnc(=NC3CCCNC3)c2c1. The van der Waals surface area contributed by atoms with E-state index in [2.05, 4.69) is 36.2 Å². The molecule has 0 saturated carbocycles. The second kappa shape index (κ2) is 9.52. The summed E-state index contributed by atoms with van der Waals surface area (Å²) < 4.78 is 11.2. The Balaban J connectivity index is 1.71. The minimum absolute atomic E-state index is 0.0803. The van der Waals surface area contributed by atoms with Gasteiger partial charge in [-0.15, -0.1) is 0 Å². The minimum atomic E-state index is -0.305. The van der Waals surface area contributed by atoms with Crippen molar-refractivity contribution in [2.24, 2.45) is 16.5 Å². The number of nitrogens with zero attached hydrogens (tertiary/aromatic N) is 2. The van der Waals surface area contributed by atoms with Crippen LogP contribution in [0, 0.1) is 0 Å². The van der Waals surface area contributed by atoms with E-state index in [1.165, 1.54) is 0 Å². The molecule has 3 aliphatic heterocycles. The van der Waals surface area contributed by atoms with Crippen LogP contribution < -0.4 is 22.3 Å². The average molecular weight is 460 g/mol. The first-order chi connectivity index (χ1) is 16.5. The number of fused-ring (bicyclic) bond motifs is 1. The number of allylic oxidation sites excluding steroid dienone is 3. The molecule has 1 aromatic heterocycles. The summed E-state index contributed by atoms with van der Waals surface area (Å²) in [6.07, 6.45) is 7.36. The Morgan fingerprint density at radius 3 is 2.65 bits per heavy atom. The van der Waals surface area contributed by atoms with Crippen LogP contribution in [0.1, 0.15) is 43.9 Å². The van der Waals surface area contributed by atoms with E-state index in [1.54, 1.807) is 0 Å². The highest BCUT2D eigenvalue weighted by atomic mass is 16.6.